The van der Waals surface area contributed by atoms with Crippen molar-refractivity contribution in [1.82, 2.24) is 29.7 Å². The third-order valence-electron chi connectivity index (χ3n) is 12.2. The minimum Gasteiger partial charge on any atom is -0.378 e. The number of ether oxygens (including phenoxy) is 1. The van der Waals surface area contributed by atoms with E-state index in [2.05, 4.69) is 122 Å². The van der Waals surface area contributed by atoms with Crippen LogP contribution in [0.1, 0.15) is 114 Å². The Morgan fingerprint density at radius 1 is 0.721 bits per heavy atom. The summed E-state index contributed by atoms with van der Waals surface area (Å²) in [6.07, 6.45) is 6.22. The number of nitrogens with zero attached hydrogens (tertiary/aromatic N) is 8. The summed E-state index contributed by atoms with van der Waals surface area (Å²) in [5.74, 6) is 2.51. The highest BCUT2D eigenvalue weighted by atomic mass is 16.5. The van der Waals surface area contributed by atoms with Crippen LogP contribution < -0.4 is 9.80 Å². The third-order valence-corrected chi connectivity index (χ3v) is 12.2. The summed E-state index contributed by atoms with van der Waals surface area (Å²) in [6, 6.07) is 0.751. The van der Waals surface area contributed by atoms with E-state index in [1.165, 1.54) is 0 Å². The standard InChI is InChI=1S/C34H64N8O/c1-15-34(16-2,39(12)26-23-32(7,8)41(14)33(9,10)24-26)27-35-28(37-29(36-27)42-17-19-43-20-18-42)38(11)25-21-30(3,4)40(13)31(5,6)22-25/h25-26H,15-24H2,1-14H3. The first-order valence-corrected chi connectivity index (χ1v) is 16.8. The highest BCUT2D eigenvalue weighted by Gasteiger charge is 2.49. The normalized spacial score (nSPS) is 25.3. The highest BCUT2D eigenvalue weighted by molar-refractivity contribution is 5.41. The number of morpholine rings is 1. The topological polar surface area (TPSA) is 64.1 Å². The van der Waals surface area contributed by atoms with Crippen molar-refractivity contribution in [1.29, 1.82) is 0 Å². The fourth-order valence-corrected chi connectivity index (χ4v) is 8.55. The number of piperidine rings is 2. The van der Waals surface area contributed by atoms with Gasteiger partial charge in [-0.2, -0.15) is 15.0 Å². The molecule has 4 heterocycles. The molecule has 3 aliphatic heterocycles. The van der Waals surface area contributed by atoms with Gasteiger partial charge in [-0.1, -0.05) is 13.8 Å². The van der Waals surface area contributed by atoms with Gasteiger partial charge in [-0.25, -0.2) is 0 Å². The maximum atomic E-state index is 5.71. The van der Waals surface area contributed by atoms with Crippen molar-refractivity contribution in [3.63, 3.8) is 0 Å². The fourth-order valence-electron chi connectivity index (χ4n) is 8.55. The van der Waals surface area contributed by atoms with Gasteiger partial charge in [0.05, 0.1) is 18.8 Å². The average molecular weight is 601 g/mol. The molecule has 9 nitrogen and oxygen atoms in total. The van der Waals surface area contributed by atoms with Crippen molar-refractivity contribution < 1.29 is 4.74 Å². The zero-order valence-electron chi connectivity index (χ0n) is 30.2. The lowest BCUT2D eigenvalue weighted by molar-refractivity contribution is -0.0722. The van der Waals surface area contributed by atoms with E-state index in [9.17, 15) is 0 Å². The quantitative estimate of drug-likeness (QED) is 0.391. The van der Waals surface area contributed by atoms with Crippen LogP contribution in [-0.2, 0) is 10.3 Å². The van der Waals surface area contributed by atoms with Gasteiger partial charge in [-0.05, 0) is 115 Å². The Hall–Kier alpha value is -1.55. The second-order valence-electron chi connectivity index (χ2n) is 16.3. The van der Waals surface area contributed by atoms with Gasteiger partial charge in [-0.3, -0.25) is 14.7 Å². The van der Waals surface area contributed by atoms with E-state index in [0.717, 1.165) is 69.3 Å². The van der Waals surface area contributed by atoms with Crippen molar-refractivity contribution in [2.45, 2.75) is 148 Å². The molecular weight excluding hydrogens is 536 g/mol. The molecule has 0 N–H and O–H groups in total. The Morgan fingerprint density at radius 3 is 1.60 bits per heavy atom. The van der Waals surface area contributed by atoms with Crippen LogP contribution in [0.25, 0.3) is 0 Å². The number of anilines is 2. The zero-order chi connectivity index (χ0) is 32.2. The van der Waals surface area contributed by atoms with Crippen molar-refractivity contribution >= 4 is 11.9 Å². The van der Waals surface area contributed by atoms with Crippen LogP contribution in [-0.4, -0.2) is 118 Å². The molecule has 0 amide bonds. The Bertz CT molecular complexity index is 1070. The minimum absolute atomic E-state index is 0.0775. The molecular formula is C34H64N8O. The predicted octanol–water partition coefficient (Wildman–Crippen LogP) is 5.39. The highest BCUT2D eigenvalue weighted by Crippen LogP contribution is 2.44. The lowest BCUT2D eigenvalue weighted by Gasteiger charge is -2.57. The molecule has 3 fully saturated rings. The third kappa shape index (κ3) is 6.43. The second-order valence-corrected chi connectivity index (χ2v) is 16.3. The molecule has 0 spiro atoms. The summed E-state index contributed by atoms with van der Waals surface area (Å²) >= 11 is 0. The predicted molar refractivity (Wildman–Crippen MR) is 179 cm³/mol. The zero-order valence-corrected chi connectivity index (χ0v) is 30.2. The van der Waals surface area contributed by atoms with Gasteiger partial charge in [0.1, 0.15) is 0 Å². The average Bonchev–Trinajstić information content (AvgIpc) is 2.94. The fraction of sp³-hybridized carbons (Fsp3) is 0.912. The number of hydrogen-bond acceptors (Lipinski definition) is 9. The Balaban J connectivity index is 1.79. The van der Waals surface area contributed by atoms with Crippen molar-refractivity contribution in [2.75, 3.05) is 64.3 Å². The molecule has 0 radical (unpaired) electrons. The number of rotatable bonds is 8. The lowest BCUT2D eigenvalue weighted by atomic mass is 9.75. The van der Waals surface area contributed by atoms with E-state index in [0.29, 0.717) is 25.3 Å². The van der Waals surface area contributed by atoms with E-state index in [1.54, 1.807) is 0 Å². The molecule has 0 aliphatic carbocycles. The van der Waals surface area contributed by atoms with E-state index in [-0.39, 0.29) is 27.7 Å². The monoisotopic (exact) mass is 601 g/mol. The molecule has 3 aliphatic rings. The summed E-state index contributed by atoms with van der Waals surface area (Å²) in [5, 5.41) is 0. The van der Waals surface area contributed by atoms with E-state index in [4.69, 9.17) is 19.7 Å². The van der Waals surface area contributed by atoms with Crippen LogP contribution in [0.3, 0.4) is 0 Å². The van der Waals surface area contributed by atoms with Crippen LogP contribution in [0.2, 0.25) is 0 Å². The Kier molecular flexibility index (Phi) is 9.57. The van der Waals surface area contributed by atoms with Crippen LogP contribution in [0.5, 0.6) is 0 Å². The SMILES string of the molecule is CCC(CC)(c1nc(N2CCOCC2)nc(N(C)C2CC(C)(C)N(C)C(C)(C)C2)n1)N(C)C1CC(C)(C)N(C)C(C)(C)C1. The van der Waals surface area contributed by atoms with Gasteiger partial charge in [0.2, 0.25) is 11.9 Å². The Labute approximate surface area is 263 Å². The first-order valence-electron chi connectivity index (χ1n) is 16.8. The van der Waals surface area contributed by atoms with E-state index in [1.807, 2.05) is 0 Å². The maximum absolute atomic E-state index is 5.71. The van der Waals surface area contributed by atoms with Gasteiger partial charge in [-0.15, -0.1) is 0 Å². The number of aromatic nitrogens is 3. The van der Waals surface area contributed by atoms with Crippen molar-refractivity contribution in [3.8, 4) is 0 Å². The number of hydrogen-bond donors (Lipinski definition) is 0. The molecule has 0 saturated carbocycles. The smallest absolute Gasteiger partial charge is 0.230 e. The van der Waals surface area contributed by atoms with Crippen LogP contribution in [0, 0.1) is 0 Å². The molecule has 1 aromatic rings. The van der Waals surface area contributed by atoms with Gasteiger partial charge in [0.15, 0.2) is 5.82 Å². The van der Waals surface area contributed by atoms with E-state index >= 15 is 0 Å². The van der Waals surface area contributed by atoms with Crippen molar-refractivity contribution in [3.05, 3.63) is 5.82 Å². The molecule has 0 unspecified atom stereocenters. The molecule has 0 aromatic carbocycles. The molecule has 0 atom stereocenters. The summed E-state index contributed by atoms with van der Waals surface area (Å²) in [5.41, 5.74) is 0.0656. The molecule has 9 heteroatoms. The van der Waals surface area contributed by atoms with Gasteiger partial charge < -0.3 is 14.5 Å². The minimum atomic E-state index is -0.294. The van der Waals surface area contributed by atoms with Crippen LogP contribution in [0.4, 0.5) is 11.9 Å². The summed E-state index contributed by atoms with van der Waals surface area (Å²) < 4.78 is 5.71. The maximum Gasteiger partial charge on any atom is 0.230 e. The molecule has 0 bridgehead atoms. The van der Waals surface area contributed by atoms with Gasteiger partial charge >= 0.3 is 0 Å². The first kappa shape index (κ1) is 34.3. The lowest BCUT2D eigenvalue weighted by Crippen LogP contribution is -2.64. The van der Waals surface area contributed by atoms with Crippen LogP contribution in [0.15, 0.2) is 0 Å². The Morgan fingerprint density at radius 2 is 1.16 bits per heavy atom. The largest absolute Gasteiger partial charge is 0.378 e. The molecule has 246 valence electrons. The number of likely N-dealkylation sites (tertiary alicyclic amines) is 2. The molecule has 1 aromatic heterocycles. The van der Waals surface area contributed by atoms with Gasteiger partial charge in [0.25, 0.3) is 0 Å². The van der Waals surface area contributed by atoms with Crippen LogP contribution >= 0.6 is 0 Å². The summed E-state index contributed by atoms with van der Waals surface area (Å²) in [4.78, 5) is 28.4. The second kappa shape index (κ2) is 12.0. The van der Waals surface area contributed by atoms with E-state index < -0.39 is 0 Å². The summed E-state index contributed by atoms with van der Waals surface area (Å²) in [7, 11) is 9.10. The van der Waals surface area contributed by atoms with Gasteiger partial charge in [0, 0.05) is 54.4 Å². The molecule has 43 heavy (non-hydrogen) atoms. The molecule has 4 rings (SSSR count). The first-order chi connectivity index (χ1) is 19.8. The molecule has 3 saturated heterocycles. The van der Waals surface area contributed by atoms with Crippen molar-refractivity contribution in [2.24, 2.45) is 0 Å². The summed E-state index contributed by atoms with van der Waals surface area (Å²) in [6.45, 7) is 26.7.